The normalized spacial score (nSPS) is 11.9. The second-order valence-corrected chi connectivity index (χ2v) is 5.03. The van der Waals surface area contributed by atoms with Crippen LogP contribution in [0.15, 0.2) is 0 Å². The first-order valence-corrected chi connectivity index (χ1v) is 7.35. The van der Waals surface area contributed by atoms with Gasteiger partial charge in [0.1, 0.15) is 0 Å². The van der Waals surface area contributed by atoms with Gasteiger partial charge in [-0.1, -0.05) is 65.7 Å². The zero-order valence-corrected chi connectivity index (χ0v) is 11.8. The summed E-state index contributed by atoms with van der Waals surface area (Å²) in [6.45, 7) is 10.0. The minimum atomic E-state index is 0.751. The van der Waals surface area contributed by atoms with Crippen LogP contribution in [0.1, 0.15) is 77.6 Å². The predicted octanol–water partition coefficient (Wildman–Crippen LogP) is 5.59. The Bertz CT molecular complexity index is 194. The van der Waals surface area contributed by atoms with E-state index in [0.29, 0.717) is 0 Å². The molecular weight excluding hydrogens is 204 g/mol. The lowest BCUT2D eigenvalue weighted by Crippen LogP contribution is -1.91. The average Bonchev–Trinajstić information content (AvgIpc) is 2.34. The van der Waals surface area contributed by atoms with Crippen LogP contribution < -0.4 is 0 Å². The molecule has 1 unspecified atom stereocenters. The summed E-state index contributed by atoms with van der Waals surface area (Å²) in [4.78, 5) is 0. The largest absolute Gasteiger partial charge is 0.103 e. The minimum Gasteiger partial charge on any atom is -0.103 e. The van der Waals surface area contributed by atoms with Crippen molar-refractivity contribution in [1.82, 2.24) is 0 Å². The second kappa shape index (κ2) is 13.6. The van der Waals surface area contributed by atoms with Crippen LogP contribution >= 0.6 is 0 Å². The highest BCUT2D eigenvalue weighted by Gasteiger charge is 1.97. The van der Waals surface area contributed by atoms with Crippen LogP contribution in [-0.2, 0) is 0 Å². The third-order valence-corrected chi connectivity index (χ3v) is 3.07. The zero-order valence-electron chi connectivity index (χ0n) is 11.8. The average molecular weight is 234 g/mol. The monoisotopic (exact) mass is 234 g/mol. The zero-order chi connectivity index (χ0) is 12.8. The smallest absolute Gasteiger partial charge is 0.0114 e. The standard InChI is InChI=1S/C17H30/c1-4-6-8-9-10-11-12-13-14-16-17(3)15-7-5-2/h17H,1-2,4-12,15-16H2,3H3. The van der Waals surface area contributed by atoms with Crippen LogP contribution in [0.3, 0.4) is 0 Å². The molecule has 0 rings (SSSR count). The summed E-state index contributed by atoms with van der Waals surface area (Å²) in [7, 11) is 0. The molecule has 0 heterocycles. The molecular formula is C17H30. The van der Waals surface area contributed by atoms with Gasteiger partial charge in [-0.05, 0) is 18.8 Å². The fourth-order valence-corrected chi connectivity index (χ4v) is 1.85. The molecule has 0 aromatic rings. The van der Waals surface area contributed by atoms with Crippen molar-refractivity contribution < 1.29 is 0 Å². The number of hydrogen-bond acceptors (Lipinski definition) is 0. The molecule has 0 nitrogen and oxygen atoms in total. The molecule has 0 saturated carbocycles. The molecule has 0 heteroatoms. The van der Waals surface area contributed by atoms with Crippen molar-refractivity contribution in [1.29, 1.82) is 0 Å². The Morgan fingerprint density at radius 2 is 1.47 bits per heavy atom. The Hall–Kier alpha value is -0.440. The van der Waals surface area contributed by atoms with Gasteiger partial charge in [-0.3, -0.25) is 0 Å². The first-order chi connectivity index (χ1) is 8.31. The fraction of sp³-hybridized carbons (Fsp3) is 0.765. The van der Waals surface area contributed by atoms with E-state index < -0.39 is 0 Å². The molecule has 2 radical (unpaired) electrons. The molecule has 0 bridgehead atoms. The van der Waals surface area contributed by atoms with E-state index in [0.717, 1.165) is 31.6 Å². The molecule has 0 aromatic carbocycles. The van der Waals surface area contributed by atoms with E-state index in [9.17, 15) is 0 Å². The van der Waals surface area contributed by atoms with Crippen LogP contribution in [-0.4, -0.2) is 0 Å². The van der Waals surface area contributed by atoms with E-state index in [1.165, 1.54) is 44.9 Å². The summed E-state index contributed by atoms with van der Waals surface area (Å²) in [6.07, 6.45) is 13.4. The van der Waals surface area contributed by atoms with Gasteiger partial charge >= 0.3 is 0 Å². The first kappa shape index (κ1) is 16.6. The highest BCUT2D eigenvalue weighted by atomic mass is 14.0. The van der Waals surface area contributed by atoms with Crippen molar-refractivity contribution in [3.05, 3.63) is 13.8 Å². The molecule has 0 spiro atoms. The lowest BCUT2D eigenvalue weighted by atomic mass is 10.0. The third kappa shape index (κ3) is 13.5. The molecule has 17 heavy (non-hydrogen) atoms. The van der Waals surface area contributed by atoms with Crippen molar-refractivity contribution in [2.45, 2.75) is 77.6 Å². The maximum atomic E-state index is 3.87. The van der Waals surface area contributed by atoms with Crippen LogP contribution in [0.4, 0.5) is 0 Å². The third-order valence-electron chi connectivity index (χ3n) is 3.07. The van der Waals surface area contributed by atoms with Gasteiger partial charge in [-0.25, -0.2) is 0 Å². The molecule has 1 atom stereocenters. The Morgan fingerprint density at radius 1 is 0.824 bits per heavy atom. The van der Waals surface area contributed by atoms with Crippen molar-refractivity contribution in [2.24, 2.45) is 5.92 Å². The fourth-order valence-electron chi connectivity index (χ4n) is 1.85. The lowest BCUT2D eigenvalue weighted by molar-refractivity contribution is 0.525. The van der Waals surface area contributed by atoms with E-state index in [-0.39, 0.29) is 0 Å². The summed E-state index contributed by atoms with van der Waals surface area (Å²) in [5.74, 6) is 7.37. The van der Waals surface area contributed by atoms with Crippen LogP contribution in [0, 0.1) is 31.6 Å². The highest BCUT2D eigenvalue weighted by molar-refractivity contribution is 4.99. The second-order valence-electron chi connectivity index (χ2n) is 5.03. The SMILES string of the molecule is [CH2]CCCCCCCC#CCC(C)CCC[CH2]. The summed E-state index contributed by atoms with van der Waals surface area (Å²) >= 11 is 0. The van der Waals surface area contributed by atoms with E-state index in [2.05, 4.69) is 32.6 Å². The molecule has 0 saturated heterocycles. The van der Waals surface area contributed by atoms with Gasteiger partial charge in [0.05, 0.1) is 0 Å². The molecule has 0 aromatic heterocycles. The summed E-state index contributed by atoms with van der Waals surface area (Å²) in [6, 6.07) is 0. The van der Waals surface area contributed by atoms with Crippen LogP contribution in [0.2, 0.25) is 0 Å². The predicted molar refractivity (Wildman–Crippen MR) is 78.4 cm³/mol. The summed E-state index contributed by atoms with van der Waals surface area (Å²) in [5, 5.41) is 0. The van der Waals surface area contributed by atoms with Gasteiger partial charge in [-0.15, -0.1) is 11.8 Å². The van der Waals surface area contributed by atoms with Gasteiger partial charge in [0.15, 0.2) is 0 Å². The topological polar surface area (TPSA) is 0 Å². The van der Waals surface area contributed by atoms with Gasteiger partial charge in [-0.2, -0.15) is 0 Å². The molecule has 0 aliphatic carbocycles. The van der Waals surface area contributed by atoms with Gasteiger partial charge < -0.3 is 0 Å². The van der Waals surface area contributed by atoms with Gasteiger partial charge in [0, 0.05) is 12.8 Å². The van der Waals surface area contributed by atoms with Crippen molar-refractivity contribution >= 4 is 0 Å². The van der Waals surface area contributed by atoms with Crippen LogP contribution in [0.5, 0.6) is 0 Å². The van der Waals surface area contributed by atoms with Crippen LogP contribution in [0.25, 0.3) is 0 Å². The van der Waals surface area contributed by atoms with E-state index in [1.807, 2.05) is 0 Å². The Balaban J connectivity index is 3.24. The lowest BCUT2D eigenvalue weighted by Gasteiger charge is -2.04. The Kier molecular flexibility index (Phi) is 13.3. The maximum absolute atomic E-state index is 3.87. The maximum Gasteiger partial charge on any atom is 0.0114 e. The first-order valence-electron chi connectivity index (χ1n) is 7.35. The summed E-state index contributed by atoms with van der Waals surface area (Å²) < 4.78 is 0. The Morgan fingerprint density at radius 3 is 2.18 bits per heavy atom. The quantitative estimate of drug-likeness (QED) is 0.341. The summed E-state index contributed by atoms with van der Waals surface area (Å²) in [5.41, 5.74) is 0. The molecule has 98 valence electrons. The van der Waals surface area contributed by atoms with Gasteiger partial charge in [0.2, 0.25) is 0 Å². The highest BCUT2D eigenvalue weighted by Crippen LogP contribution is 2.10. The van der Waals surface area contributed by atoms with E-state index in [4.69, 9.17) is 0 Å². The molecule has 0 aliphatic rings. The van der Waals surface area contributed by atoms with Gasteiger partial charge in [0.25, 0.3) is 0 Å². The molecule has 0 N–H and O–H groups in total. The number of unbranched alkanes of at least 4 members (excludes halogenated alkanes) is 7. The molecule has 0 aliphatic heterocycles. The number of rotatable bonds is 10. The van der Waals surface area contributed by atoms with E-state index in [1.54, 1.807) is 0 Å². The van der Waals surface area contributed by atoms with Crippen molar-refractivity contribution in [3.8, 4) is 11.8 Å². The van der Waals surface area contributed by atoms with E-state index >= 15 is 0 Å². The minimum absolute atomic E-state index is 0.751. The van der Waals surface area contributed by atoms with Crippen molar-refractivity contribution in [3.63, 3.8) is 0 Å². The Labute approximate surface area is 110 Å². The number of hydrogen-bond donors (Lipinski definition) is 0. The molecule has 0 fully saturated rings. The van der Waals surface area contributed by atoms with Crippen molar-refractivity contribution in [2.75, 3.05) is 0 Å². The molecule has 0 amide bonds.